The Hall–Kier alpha value is -1.85. The lowest BCUT2D eigenvalue weighted by atomic mass is 10.0. The van der Waals surface area contributed by atoms with Crippen molar-refractivity contribution in [3.63, 3.8) is 0 Å². The first kappa shape index (κ1) is 15.5. The minimum atomic E-state index is -3.25. The van der Waals surface area contributed by atoms with Gasteiger partial charge in [0.25, 0.3) is 0 Å². The van der Waals surface area contributed by atoms with E-state index in [1.54, 1.807) is 18.2 Å². The molecule has 0 fully saturated rings. The Morgan fingerprint density at radius 2 is 1.86 bits per heavy atom. The molecule has 2 rings (SSSR count). The van der Waals surface area contributed by atoms with Gasteiger partial charge in [0.1, 0.15) is 11.5 Å². The Bertz CT molecular complexity index is 726. The molecule has 0 amide bonds. The summed E-state index contributed by atoms with van der Waals surface area (Å²) in [5.41, 5.74) is 6.98. The van der Waals surface area contributed by atoms with E-state index >= 15 is 0 Å². The smallest absolute Gasteiger partial charge is 0.175 e. The van der Waals surface area contributed by atoms with Crippen LogP contribution in [-0.2, 0) is 9.84 Å². The summed E-state index contributed by atoms with van der Waals surface area (Å²) in [6.07, 6.45) is 1.97. The van der Waals surface area contributed by atoms with Gasteiger partial charge in [0.05, 0.1) is 4.90 Å². The number of ether oxygens (including phenoxy) is 1. The lowest BCUT2D eigenvalue weighted by Crippen LogP contribution is -2.09. The minimum Gasteiger partial charge on any atom is -0.457 e. The van der Waals surface area contributed by atoms with Crippen molar-refractivity contribution < 1.29 is 13.2 Å². The van der Waals surface area contributed by atoms with Crippen molar-refractivity contribution >= 4 is 9.84 Å². The number of para-hydroxylation sites is 1. The monoisotopic (exact) mass is 305 g/mol. The van der Waals surface area contributed by atoms with E-state index in [4.69, 9.17) is 10.5 Å². The molecular formula is C16H19NO3S. The number of nitrogens with two attached hydrogens (primary N) is 1. The predicted molar refractivity (Wildman–Crippen MR) is 83.3 cm³/mol. The molecule has 2 N–H and O–H groups in total. The molecule has 0 saturated carbocycles. The summed E-state index contributed by atoms with van der Waals surface area (Å²) in [7, 11) is -3.25. The van der Waals surface area contributed by atoms with E-state index in [0.717, 1.165) is 12.0 Å². The van der Waals surface area contributed by atoms with Gasteiger partial charge in [-0.25, -0.2) is 8.42 Å². The normalized spacial score (nSPS) is 12.9. The molecule has 0 aliphatic rings. The molecule has 0 spiro atoms. The van der Waals surface area contributed by atoms with Gasteiger partial charge < -0.3 is 10.5 Å². The summed E-state index contributed by atoms with van der Waals surface area (Å²) >= 11 is 0. The van der Waals surface area contributed by atoms with Gasteiger partial charge in [-0.05, 0) is 30.7 Å². The van der Waals surface area contributed by atoms with Crippen LogP contribution in [-0.4, -0.2) is 14.7 Å². The number of hydrogen-bond donors (Lipinski definition) is 1. The highest BCUT2D eigenvalue weighted by Gasteiger charge is 2.12. The van der Waals surface area contributed by atoms with Crippen LogP contribution in [0.2, 0.25) is 0 Å². The molecule has 0 radical (unpaired) electrons. The Balaban J connectivity index is 2.35. The highest BCUT2D eigenvalue weighted by Crippen LogP contribution is 2.30. The Labute approximate surface area is 125 Å². The van der Waals surface area contributed by atoms with Gasteiger partial charge >= 0.3 is 0 Å². The van der Waals surface area contributed by atoms with Gasteiger partial charge in [-0.15, -0.1) is 0 Å². The number of sulfone groups is 1. The zero-order chi connectivity index (χ0) is 15.5. The average Bonchev–Trinajstić information content (AvgIpc) is 2.46. The van der Waals surface area contributed by atoms with E-state index < -0.39 is 9.84 Å². The first-order chi connectivity index (χ1) is 9.91. The van der Waals surface area contributed by atoms with Gasteiger partial charge in [0, 0.05) is 17.9 Å². The Morgan fingerprint density at radius 3 is 2.52 bits per heavy atom. The van der Waals surface area contributed by atoms with Crippen LogP contribution in [0.3, 0.4) is 0 Å². The van der Waals surface area contributed by atoms with Crippen molar-refractivity contribution in [2.24, 2.45) is 5.73 Å². The van der Waals surface area contributed by atoms with Crippen LogP contribution in [0.25, 0.3) is 0 Å². The van der Waals surface area contributed by atoms with E-state index in [1.807, 2.05) is 31.2 Å². The van der Waals surface area contributed by atoms with E-state index in [-0.39, 0.29) is 10.9 Å². The van der Waals surface area contributed by atoms with E-state index in [2.05, 4.69) is 0 Å². The zero-order valence-corrected chi connectivity index (χ0v) is 12.9. The highest BCUT2D eigenvalue weighted by atomic mass is 32.2. The van der Waals surface area contributed by atoms with E-state index in [1.165, 1.54) is 12.3 Å². The SMILES string of the molecule is CC[C@@H](N)c1ccccc1Oc1cccc(S(C)(=O)=O)c1. The van der Waals surface area contributed by atoms with Crippen LogP contribution in [0.5, 0.6) is 11.5 Å². The van der Waals surface area contributed by atoms with Gasteiger partial charge in [0.2, 0.25) is 0 Å². The molecule has 0 aliphatic carbocycles. The summed E-state index contributed by atoms with van der Waals surface area (Å²) < 4.78 is 29.0. The minimum absolute atomic E-state index is 0.112. The maximum atomic E-state index is 11.6. The molecule has 0 unspecified atom stereocenters. The second-order valence-electron chi connectivity index (χ2n) is 4.90. The van der Waals surface area contributed by atoms with Crippen molar-refractivity contribution in [2.75, 3.05) is 6.26 Å². The maximum absolute atomic E-state index is 11.6. The molecule has 21 heavy (non-hydrogen) atoms. The van der Waals surface area contributed by atoms with Gasteiger partial charge in [0.15, 0.2) is 9.84 Å². The summed E-state index contributed by atoms with van der Waals surface area (Å²) in [6, 6.07) is 13.9. The molecule has 2 aromatic rings. The predicted octanol–water partition coefficient (Wildman–Crippen LogP) is 3.29. The first-order valence-corrected chi connectivity index (χ1v) is 8.63. The summed E-state index contributed by atoms with van der Waals surface area (Å²) in [5.74, 6) is 1.13. The first-order valence-electron chi connectivity index (χ1n) is 6.74. The Kier molecular flexibility index (Phi) is 4.65. The van der Waals surface area contributed by atoms with Gasteiger partial charge in [-0.2, -0.15) is 0 Å². The fraction of sp³-hybridized carbons (Fsp3) is 0.250. The molecule has 1 atom stereocenters. The molecule has 4 nitrogen and oxygen atoms in total. The van der Waals surface area contributed by atoms with Crippen LogP contribution in [0.15, 0.2) is 53.4 Å². The van der Waals surface area contributed by atoms with Crippen molar-refractivity contribution in [1.82, 2.24) is 0 Å². The second-order valence-corrected chi connectivity index (χ2v) is 6.92. The van der Waals surface area contributed by atoms with Crippen LogP contribution in [0.4, 0.5) is 0 Å². The van der Waals surface area contributed by atoms with Crippen LogP contribution in [0, 0.1) is 0 Å². The van der Waals surface area contributed by atoms with Crippen LogP contribution >= 0.6 is 0 Å². The number of benzene rings is 2. The highest BCUT2D eigenvalue weighted by molar-refractivity contribution is 7.90. The second kappa shape index (κ2) is 6.28. The topological polar surface area (TPSA) is 69.4 Å². The molecule has 0 heterocycles. The summed E-state index contributed by atoms with van der Waals surface area (Å²) in [6.45, 7) is 2.01. The molecule has 0 bridgehead atoms. The van der Waals surface area contributed by atoms with Crippen molar-refractivity contribution in [2.45, 2.75) is 24.3 Å². The summed E-state index contributed by atoms with van der Waals surface area (Å²) in [4.78, 5) is 0.234. The fourth-order valence-electron chi connectivity index (χ4n) is 2.00. The standard InChI is InChI=1S/C16H19NO3S/c1-3-15(17)14-9-4-5-10-16(14)20-12-7-6-8-13(11-12)21(2,18)19/h4-11,15H,3,17H2,1-2H3/t15-/m1/s1. The maximum Gasteiger partial charge on any atom is 0.175 e. The number of hydrogen-bond acceptors (Lipinski definition) is 4. The van der Waals surface area contributed by atoms with Crippen LogP contribution in [0.1, 0.15) is 24.9 Å². The lowest BCUT2D eigenvalue weighted by molar-refractivity contribution is 0.467. The third kappa shape index (κ3) is 3.83. The largest absolute Gasteiger partial charge is 0.457 e. The molecule has 0 aliphatic heterocycles. The summed E-state index contributed by atoms with van der Waals surface area (Å²) in [5, 5.41) is 0. The van der Waals surface area contributed by atoms with Gasteiger partial charge in [-0.1, -0.05) is 31.2 Å². The van der Waals surface area contributed by atoms with E-state index in [9.17, 15) is 8.42 Å². The molecule has 112 valence electrons. The Morgan fingerprint density at radius 1 is 1.14 bits per heavy atom. The molecule has 0 aromatic heterocycles. The zero-order valence-electron chi connectivity index (χ0n) is 12.1. The van der Waals surface area contributed by atoms with Crippen molar-refractivity contribution in [1.29, 1.82) is 0 Å². The fourth-order valence-corrected chi connectivity index (χ4v) is 2.65. The lowest BCUT2D eigenvalue weighted by Gasteiger charge is -2.15. The van der Waals surface area contributed by atoms with Crippen LogP contribution < -0.4 is 10.5 Å². The van der Waals surface area contributed by atoms with Gasteiger partial charge in [-0.3, -0.25) is 0 Å². The quantitative estimate of drug-likeness (QED) is 0.920. The van der Waals surface area contributed by atoms with E-state index in [0.29, 0.717) is 11.5 Å². The molecule has 2 aromatic carbocycles. The number of rotatable bonds is 5. The third-order valence-electron chi connectivity index (χ3n) is 3.22. The molecule has 5 heteroatoms. The van der Waals surface area contributed by atoms with Crippen molar-refractivity contribution in [3.05, 3.63) is 54.1 Å². The molecular weight excluding hydrogens is 286 g/mol. The molecule has 0 saturated heterocycles. The van der Waals surface area contributed by atoms with Crippen molar-refractivity contribution in [3.8, 4) is 11.5 Å². The third-order valence-corrected chi connectivity index (χ3v) is 4.33. The average molecular weight is 305 g/mol.